The minimum Gasteiger partial charge on any atom is -0.494 e. The molecule has 0 saturated carbocycles. The van der Waals surface area contributed by atoms with Crippen LogP contribution in [-0.4, -0.2) is 32.1 Å². The van der Waals surface area contributed by atoms with E-state index in [1.165, 1.54) is 6.07 Å². The number of hydrogen-bond donors (Lipinski definition) is 0. The normalized spacial score (nSPS) is 10.8. The summed E-state index contributed by atoms with van der Waals surface area (Å²) in [5.74, 6) is 0.617. The van der Waals surface area contributed by atoms with Crippen LogP contribution in [-0.2, 0) is 6.42 Å². The Kier molecular flexibility index (Phi) is 5.26. The lowest BCUT2D eigenvalue weighted by molar-refractivity contribution is 0.334. The topological polar surface area (TPSA) is 12.5 Å². The van der Waals surface area contributed by atoms with Gasteiger partial charge in [-0.3, -0.25) is 0 Å². The molecular weight excluding hydrogens is 205 g/mol. The van der Waals surface area contributed by atoms with Crippen molar-refractivity contribution in [3.63, 3.8) is 0 Å². The fourth-order valence-corrected chi connectivity index (χ4v) is 1.63. The lowest BCUT2D eigenvalue weighted by Crippen LogP contribution is -2.13. The molecule has 2 nitrogen and oxygen atoms in total. The predicted molar refractivity (Wildman–Crippen MR) is 64.4 cm³/mol. The van der Waals surface area contributed by atoms with Crippen molar-refractivity contribution in [2.45, 2.75) is 19.8 Å². The Morgan fingerprint density at radius 3 is 2.69 bits per heavy atom. The second-order valence-electron chi connectivity index (χ2n) is 4.09. The maximum atomic E-state index is 13.1. The van der Waals surface area contributed by atoms with Crippen LogP contribution in [0.3, 0.4) is 0 Å². The monoisotopic (exact) mass is 225 g/mol. The molecule has 1 aromatic carbocycles. The fraction of sp³-hybridized carbons (Fsp3) is 0.538. The first-order chi connectivity index (χ1) is 7.63. The smallest absolute Gasteiger partial charge is 0.123 e. The number of ether oxygens (including phenoxy) is 1. The first-order valence-corrected chi connectivity index (χ1v) is 5.69. The van der Waals surface area contributed by atoms with E-state index in [-0.39, 0.29) is 5.82 Å². The summed E-state index contributed by atoms with van der Waals surface area (Å²) in [6, 6.07) is 4.73. The van der Waals surface area contributed by atoms with Crippen molar-refractivity contribution in [1.82, 2.24) is 4.90 Å². The van der Waals surface area contributed by atoms with Gasteiger partial charge in [-0.25, -0.2) is 4.39 Å². The summed E-state index contributed by atoms with van der Waals surface area (Å²) < 4.78 is 18.6. The molecule has 0 saturated heterocycles. The summed E-state index contributed by atoms with van der Waals surface area (Å²) in [7, 11) is 4.07. The fourth-order valence-electron chi connectivity index (χ4n) is 1.63. The molecule has 0 fully saturated rings. The third-order valence-corrected chi connectivity index (χ3v) is 2.37. The van der Waals surface area contributed by atoms with Crippen LogP contribution in [0.2, 0.25) is 0 Å². The van der Waals surface area contributed by atoms with Crippen molar-refractivity contribution in [3.05, 3.63) is 29.6 Å². The van der Waals surface area contributed by atoms with Crippen LogP contribution in [0.25, 0.3) is 0 Å². The molecule has 0 heterocycles. The quantitative estimate of drug-likeness (QED) is 0.738. The van der Waals surface area contributed by atoms with Gasteiger partial charge >= 0.3 is 0 Å². The molecule has 0 bridgehead atoms. The molecular formula is C13H20FNO. The number of rotatable bonds is 6. The zero-order valence-electron chi connectivity index (χ0n) is 10.3. The minimum atomic E-state index is -0.191. The highest BCUT2D eigenvalue weighted by atomic mass is 19.1. The second-order valence-corrected chi connectivity index (χ2v) is 4.09. The Bertz CT molecular complexity index is 326. The van der Waals surface area contributed by atoms with Gasteiger partial charge in [-0.15, -0.1) is 0 Å². The highest BCUT2D eigenvalue weighted by molar-refractivity contribution is 5.34. The van der Waals surface area contributed by atoms with E-state index in [4.69, 9.17) is 4.74 Å². The van der Waals surface area contributed by atoms with E-state index in [0.29, 0.717) is 6.61 Å². The maximum absolute atomic E-state index is 13.1. The third kappa shape index (κ3) is 4.19. The van der Waals surface area contributed by atoms with E-state index >= 15 is 0 Å². The number of nitrogens with zero attached hydrogens (tertiary/aromatic N) is 1. The lowest BCUT2D eigenvalue weighted by atomic mass is 10.1. The summed E-state index contributed by atoms with van der Waals surface area (Å²) in [5, 5.41) is 0. The highest BCUT2D eigenvalue weighted by Crippen LogP contribution is 2.21. The van der Waals surface area contributed by atoms with Crippen molar-refractivity contribution in [3.8, 4) is 5.75 Å². The highest BCUT2D eigenvalue weighted by Gasteiger charge is 2.05. The van der Waals surface area contributed by atoms with Crippen LogP contribution in [0, 0.1) is 5.82 Å². The van der Waals surface area contributed by atoms with Gasteiger partial charge in [0.15, 0.2) is 0 Å². The van der Waals surface area contributed by atoms with Crippen molar-refractivity contribution < 1.29 is 9.13 Å². The molecule has 1 aromatic rings. The van der Waals surface area contributed by atoms with Crippen LogP contribution >= 0.6 is 0 Å². The Morgan fingerprint density at radius 2 is 2.06 bits per heavy atom. The van der Waals surface area contributed by atoms with E-state index in [1.807, 2.05) is 21.0 Å². The Morgan fingerprint density at radius 1 is 1.31 bits per heavy atom. The van der Waals surface area contributed by atoms with Gasteiger partial charge in [-0.1, -0.05) is 0 Å². The number of halogens is 1. The summed E-state index contributed by atoms with van der Waals surface area (Å²) in [5.41, 5.74) is 0.962. The molecule has 1 rings (SSSR count). The van der Waals surface area contributed by atoms with E-state index in [0.717, 1.165) is 30.7 Å². The molecule has 0 aromatic heterocycles. The zero-order valence-corrected chi connectivity index (χ0v) is 10.3. The summed E-state index contributed by atoms with van der Waals surface area (Å²) in [6.07, 6.45) is 1.86. The van der Waals surface area contributed by atoms with E-state index in [1.54, 1.807) is 12.1 Å². The maximum Gasteiger partial charge on any atom is 0.123 e. The van der Waals surface area contributed by atoms with Gasteiger partial charge in [0.05, 0.1) is 6.61 Å². The average Bonchev–Trinajstić information content (AvgIpc) is 2.21. The van der Waals surface area contributed by atoms with Crippen LogP contribution < -0.4 is 4.74 Å². The van der Waals surface area contributed by atoms with Crippen LogP contribution in [0.4, 0.5) is 4.39 Å². The Balaban J connectivity index is 2.64. The molecule has 0 atom stereocenters. The Hall–Kier alpha value is -1.09. The molecule has 3 heteroatoms. The molecule has 0 aliphatic rings. The van der Waals surface area contributed by atoms with E-state index in [9.17, 15) is 4.39 Å². The van der Waals surface area contributed by atoms with Gasteiger partial charge in [-0.05, 0) is 64.2 Å². The molecule has 0 spiro atoms. The Labute approximate surface area is 97.0 Å². The van der Waals surface area contributed by atoms with Gasteiger partial charge < -0.3 is 9.64 Å². The average molecular weight is 225 g/mol. The van der Waals surface area contributed by atoms with Crippen molar-refractivity contribution in [2.75, 3.05) is 27.2 Å². The van der Waals surface area contributed by atoms with E-state index < -0.39 is 0 Å². The predicted octanol–water partition coefficient (Wildman–Crippen LogP) is 2.72. The summed E-state index contributed by atoms with van der Waals surface area (Å²) in [6.45, 7) is 3.56. The molecule has 0 N–H and O–H groups in total. The summed E-state index contributed by atoms with van der Waals surface area (Å²) in [4.78, 5) is 2.12. The molecule has 0 unspecified atom stereocenters. The van der Waals surface area contributed by atoms with Crippen molar-refractivity contribution in [2.24, 2.45) is 0 Å². The number of hydrogen-bond acceptors (Lipinski definition) is 2. The second kappa shape index (κ2) is 6.48. The third-order valence-electron chi connectivity index (χ3n) is 2.37. The van der Waals surface area contributed by atoms with Gasteiger partial charge in [-0.2, -0.15) is 0 Å². The van der Waals surface area contributed by atoms with Gasteiger partial charge in [0.2, 0.25) is 0 Å². The zero-order chi connectivity index (χ0) is 12.0. The molecule has 16 heavy (non-hydrogen) atoms. The summed E-state index contributed by atoms with van der Waals surface area (Å²) >= 11 is 0. The van der Waals surface area contributed by atoms with Crippen molar-refractivity contribution >= 4 is 0 Å². The minimum absolute atomic E-state index is 0.191. The largest absolute Gasteiger partial charge is 0.494 e. The molecule has 90 valence electrons. The molecule has 0 aliphatic heterocycles. The van der Waals surface area contributed by atoms with Crippen LogP contribution in [0.1, 0.15) is 18.9 Å². The standard InChI is InChI=1S/C13H20FNO/c1-4-16-13-8-7-12(14)10-11(13)6-5-9-15(2)3/h7-8,10H,4-6,9H2,1-3H3. The first-order valence-electron chi connectivity index (χ1n) is 5.69. The first kappa shape index (κ1) is 13.0. The molecule has 0 amide bonds. The van der Waals surface area contributed by atoms with E-state index in [2.05, 4.69) is 4.90 Å². The van der Waals surface area contributed by atoms with Gasteiger partial charge in [0, 0.05) is 0 Å². The molecule has 0 aliphatic carbocycles. The molecule has 0 radical (unpaired) electrons. The number of aryl methyl sites for hydroxylation is 1. The van der Waals surface area contributed by atoms with Crippen LogP contribution in [0.5, 0.6) is 5.75 Å². The van der Waals surface area contributed by atoms with Crippen LogP contribution in [0.15, 0.2) is 18.2 Å². The van der Waals surface area contributed by atoms with Crippen molar-refractivity contribution in [1.29, 1.82) is 0 Å². The van der Waals surface area contributed by atoms with Gasteiger partial charge in [0.1, 0.15) is 11.6 Å². The SMILES string of the molecule is CCOc1ccc(F)cc1CCCN(C)C. The van der Waals surface area contributed by atoms with Gasteiger partial charge in [0.25, 0.3) is 0 Å². The lowest BCUT2D eigenvalue weighted by Gasteiger charge is -2.12. The number of benzene rings is 1.